The van der Waals surface area contributed by atoms with Crippen LogP contribution in [0.4, 0.5) is 0 Å². The zero-order valence-corrected chi connectivity index (χ0v) is 9.28. The molecule has 1 aromatic carbocycles. The lowest BCUT2D eigenvalue weighted by Gasteiger charge is -2.15. The van der Waals surface area contributed by atoms with Crippen molar-refractivity contribution in [2.45, 2.75) is 18.6 Å². The predicted molar refractivity (Wildman–Crippen MR) is 60.4 cm³/mol. The molecule has 1 heterocycles. The first-order valence-corrected chi connectivity index (χ1v) is 5.48. The third-order valence-corrected chi connectivity index (χ3v) is 2.95. The van der Waals surface area contributed by atoms with Gasteiger partial charge in [-0.15, -0.1) is 0 Å². The van der Waals surface area contributed by atoms with E-state index in [0.717, 1.165) is 0 Å². The summed E-state index contributed by atoms with van der Waals surface area (Å²) in [4.78, 5) is 13.3. The van der Waals surface area contributed by atoms with Gasteiger partial charge in [0.2, 0.25) is 5.91 Å². The van der Waals surface area contributed by atoms with Crippen LogP contribution in [0.15, 0.2) is 24.3 Å². The summed E-state index contributed by atoms with van der Waals surface area (Å²) in [6.45, 7) is 0.293. The molecule has 92 valence electrons. The summed E-state index contributed by atoms with van der Waals surface area (Å²) in [5, 5.41) is 28.2. The number of hydrogen-bond acceptors (Lipinski definition) is 4. The van der Waals surface area contributed by atoms with Crippen molar-refractivity contribution in [2.24, 2.45) is 0 Å². The molecule has 5 nitrogen and oxygen atoms in total. The Kier molecular flexibility index (Phi) is 3.31. The van der Waals surface area contributed by atoms with Crippen LogP contribution in [-0.2, 0) is 11.2 Å². The molecule has 0 aromatic heterocycles. The fraction of sp³-hybridized carbons (Fsp3) is 0.417. The van der Waals surface area contributed by atoms with E-state index >= 15 is 0 Å². The highest BCUT2D eigenvalue weighted by atomic mass is 16.3. The zero-order chi connectivity index (χ0) is 12.4. The first-order valence-electron chi connectivity index (χ1n) is 5.48. The molecule has 1 saturated heterocycles. The summed E-state index contributed by atoms with van der Waals surface area (Å²) in [7, 11) is 0. The van der Waals surface area contributed by atoms with E-state index in [1.54, 1.807) is 18.2 Å². The molecule has 0 spiro atoms. The van der Waals surface area contributed by atoms with E-state index in [1.807, 2.05) is 0 Å². The number of phenolic OH excluding ortho intramolecular Hbond substituents is 1. The van der Waals surface area contributed by atoms with Crippen LogP contribution in [0.25, 0.3) is 0 Å². The highest BCUT2D eigenvalue weighted by Gasteiger charge is 2.32. The molecule has 1 fully saturated rings. The number of para-hydroxylation sites is 1. The molecular weight excluding hydrogens is 222 g/mol. The number of hydrogen-bond donors (Lipinski definition) is 3. The SMILES string of the molecule is O=C(Cc1ccccc1O)N1C[C@@H](O)[C@@H](O)C1. The van der Waals surface area contributed by atoms with Gasteiger partial charge in [-0.3, -0.25) is 4.79 Å². The Bertz CT molecular complexity index is 411. The van der Waals surface area contributed by atoms with Crippen LogP contribution in [-0.4, -0.2) is 51.4 Å². The smallest absolute Gasteiger partial charge is 0.227 e. The van der Waals surface area contributed by atoms with E-state index in [-0.39, 0.29) is 31.2 Å². The maximum atomic E-state index is 11.9. The van der Waals surface area contributed by atoms with Crippen LogP contribution in [0, 0.1) is 0 Å². The van der Waals surface area contributed by atoms with Gasteiger partial charge in [0, 0.05) is 18.7 Å². The van der Waals surface area contributed by atoms with Gasteiger partial charge in [-0.2, -0.15) is 0 Å². The molecule has 1 aliphatic heterocycles. The van der Waals surface area contributed by atoms with Crippen molar-refractivity contribution in [1.29, 1.82) is 0 Å². The summed E-state index contributed by atoms with van der Waals surface area (Å²) < 4.78 is 0. The molecule has 5 heteroatoms. The molecule has 0 saturated carbocycles. The van der Waals surface area contributed by atoms with Crippen LogP contribution < -0.4 is 0 Å². The maximum Gasteiger partial charge on any atom is 0.227 e. The number of amides is 1. The van der Waals surface area contributed by atoms with Crippen molar-refractivity contribution in [3.05, 3.63) is 29.8 Å². The van der Waals surface area contributed by atoms with Crippen LogP contribution in [0.3, 0.4) is 0 Å². The molecule has 0 aliphatic carbocycles. The number of phenols is 1. The maximum absolute atomic E-state index is 11.9. The molecule has 1 aliphatic rings. The van der Waals surface area contributed by atoms with Crippen molar-refractivity contribution in [3.63, 3.8) is 0 Å². The molecule has 2 rings (SSSR count). The second-order valence-corrected chi connectivity index (χ2v) is 4.24. The topological polar surface area (TPSA) is 81.0 Å². The molecule has 17 heavy (non-hydrogen) atoms. The largest absolute Gasteiger partial charge is 0.508 e. The van der Waals surface area contributed by atoms with Gasteiger partial charge >= 0.3 is 0 Å². The summed E-state index contributed by atoms with van der Waals surface area (Å²) in [6.07, 6.45) is -1.67. The van der Waals surface area contributed by atoms with Gasteiger partial charge in [0.15, 0.2) is 0 Å². The number of aliphatic hydroxyl groups excluding tert-OH is 2. The summed E-state index contributed by atoms with van der Waals surface area (Å²) in [6, 6.07) is 6.63. The van der Waals surface area contributed by atoms with E-state index < -0.39 is 12.2 Å². The number of carbonyl (C=O) groups is 1. The number of likely N-dealkylation sites (tertiary alicyclic amines) is 1. The van der Waals surface area contributed by atoms with Gasteiger partial charge in [0.25, 0.3) is 0 Å². The van der Waals surface area contributed by atoms with Gasteiger partial charge in [0.1, 0.15) is 5.75 Å². The lowest BCUT2D eigenvalue weighted by atomic mass is 10.1. The minimum absolute atomic E-state index is 0.0755. The Hall–Kier alpha value is -1.59. The van der Waals surface area contributed by atoms with Crippen molar-refractivity contribution in [2.75, 3.05) is 13.1 Å². The van der Waals surface area contributed by atoms with Crippen molar-refractivity contribution < 1.29 is 20.1 Å². The molecule has 1 aromatic rings. The van der Waals surface area contributed by atoms with E-state index in [1.165, 1.54) is 11.0 Å². The van der Waals surface area contributed by atoms with Crippen molar-refractivity contribution in [1.82, 2.24) is 4.90 Å². The number of aliphatic hydroxyl groups is 2. The highest BCUT2D eigenvalue weighted by molar-refractivity contribution is 5.79. The second-order valence-electron chi connectivity index (χ2n) is 4.24. The minimum Gasteiger partial charge on any atom is -0.508 e. The molecule has 1 amide bonds. The molecule has 2 atom stereocenters. The fourth-order valence-electron chi connectivity index (χ4n) is 1.91. The standard InChI is InChI=1S/C12H15NO4/c14-9-4-2-1-3-8(9)5-12(17)13-6-10(15)11(16)7-13/h1-4,10-11,14-16H,5-7H2/t10-,11+. The average molecular weight is 237 g/mol. The van der Waals surface area contributed by atoms with Crippen LogP contribution in [0.5, 0.6) is 5.75 Å². The Morgan fingerprint density at radius 3 is 2.41 bits per heavy atom. The average Bonchev–Trinajstić information content (AvgIpc) is 2.63. The number of carbonyl (C=O) groups excluding carboxylic acids is 1. The van der Waals surface area contributed by atoms with E-state index in [0.29, 0.717) is 5.56 Å². The van der Waals surface area contributed by atoms with Crippen molar-refractivity contribution >= 4 is 5.91 Å². The van der Waals surface area contributed by atoms with Crippen molar-refractivity contribution in [3.8, 4) is 5.75 Å². The Morgan fingerprint density at radius 2 is 1.82 bits per heavy atom. The molecule has 3 N–H and O–H groups in total. The first-order chi connectivity index (χ1) is 8.08. The van der Waals surface area contributed by atoms with E-state index in [2.05, 4.69) is 0 Å². The predicted octanol–water partition coefficient (Wildman–Crippen LogP) is -0.501. The lowest BCUT2D eigenvalue weighted by molar-refractivity contribution is -0.130. The van der Waals surface area contributed by atoms with E-state index in [4.69, 9.17) is 0 Å². The molecule has 0 radical (unpaired) electrons. The molecule has 0 bridgehead atoms. The van der Waals surface area contributed by atoms with Gasteiger partial charge in [-0.1, -0.05) is 18.2 Å². The van der Waals surface area contributed by atoms with Crippen LogP contribution in [0.1, 0.15) is 5.56 Å². The minimum atomic E-state index is -0.872. The molecular formula is C12H15NO4. The summed E-state index contributed by atoms with van der Waals surface area (Å²) in [5.41, 5.74) is 0.549. The molecule has 0 unspecified atom stereocenters. The van der Waals surface area contributed by atoms with Crippen LogP contribution in [0.2, 0.25) is 0 Å². The van der Waals surface area contributed by atoms with Crippen LogP contribution >= 0.6 is 0 Å². The monoisotopic (exact) mass is 237 g/mol. The number of benzene rings is 1. The summed E-state index contributed by atoms with van der Waals surface area (Å²) >= 11 is 0. The zero-order valence-electron chi connectivity index (χ0n) is 9.28. The Morgan fingerprint density at radius 1 is 1.24 bits per heavy atom. The van der Waals surface area contributed by atoms with Gasteiger partial charge in [-0.05, 0) is 6.07 Å². The first kappa shape index (κ1) is 11.9. The normalized spacial score (nSPS) is 24.0. The fourth-order valence-corrected chi connectivity index (χ4v) is 1.91. The summed E-state index contributed by atoms with van der Waals surface area (Å²) in [5.74, 6) is -0.122. The van der Waals surface area contributed by atoms with E-state index in [9.17, 15) is 20.1 Å². The third-order valence-electron chi connectivity index (χ3n) is 2.95. The number of nitrogens with zero attached hydrogens (tertiary/aromatic N) is 1. The second kappa shape index (κ2) is 4.73. The Labute approximate surface area is 98.9 Å². The van der Waals surface area contributed by atoms with Gasteiger partial charge < -0.3 is 20.2 Å². The highest BCUT2D eigenvalue weighted by Crippen LogP contribution is 2.18. The van der Waals surface area contributed by atoms with Gasteiger partial charge in [-0.25, -0.2) is 0 Å². The number of rotatable bonds is 2. The quantitative estimate of drug-likeness (QED) is 0.647. The lowest BCUT2D eigenvalue weighted by Crippen LogP contribution is -2.31. The van der Waals surface area contributed by atoms with Gasteiger partial charge in [0.05, 0.1) is 18.6 Å². The number of aromatic hydroxyl groups is 1. The third kappa shape index (κ3) is 2.57. The Balaban J connectivity index is 2.01. The number of β-amino-alcohol motifs (C(OH)–C–C–N with tert-alkyl or cyclic N) is 2.